The maximum absolute atomic E-state index is 12.3. The van der Waals surface area contributed by atoms with Crippen LogP contribution in [-0.4, -0.2) is 17.9 Å². The molecule has 3 heteroatoms. The van der Waals surface area contributed by atoms with E-state index >= 15 is 0 Å². The van der Waals surface area contributed by atoms with Crippen LogP contribution in [0.2, 0.25) is 0 Å². The van der Waals surface area contributed by atoms with Crippen LogP contribution in [0.25, 0.3) is 11.1 Å². The van der Waals surface area contributed by atoms with Crippen molar-refractivity contribution in [3.8, 4) is 11.1 Å². The molecule has 0 unspecified atom stereocenters. The Morgan fingerprint density at radius 1 is 0.680 bits per heavy atom. The zero-order chi connectivity index (χ0) is 17.6. The predicted octanol–water partition coefficient (Wildman–Crippen LogP) is 4.78. The van der Waals surface area contributed by atoms with E-state index in [1.165, 1.54) is 0 Å². The third-order valence-corrected chi connectivity index (χ3v) is 3.94. The summed E-state index contributed by atoms with van der Waals surface area (Å²) in [5, 5.41) is 0. The second-order valence-corrected chi connectivity index (χ2v) is 5.72. The van der Waals surface area contributed by atoms with E-state index in [9.17, 15) is 9.59 Å². The van der Waals surface area contributed by atoms with Gasteiger partial charge in [-0.1, -0.05) is 72.8 Å². The lowest BCUT2D eigenvalue weighted by Gasteiger charge is -2.12. The molecule has 0 aliphatic rings. The highest BCUT2D eigenvalue weighted by Crippen LogP contribution is 2.20. The first-order chi connectivity index (χ1) is 12.1. The number of ether oxygens (including phenoxy) is 1. The third kappa shape index (κ3) is 4.01. The molecule has 0 aliphatic carbocycles. The molecule has 0 aromatic heterocycles. The number of carbonyl (C=O) groups is 2. The van der Waals surface area contributed by atoms with Gasteiger partial charge in [0.1, 0.15) is 0 Å². The Bertz CT molecular complexity index is 853. The molecule has 0 heterocycles. The fourth-order valence-corrected chi connectivity index (χ4v) is 2.55. The van der Waals surface area contributed by atoms with Gasteiger partial charge in [0.05, 0.1) is 5.56 Å². The largest absolute Gasteiger partial charge is 0.451 e. The Hall–Kier alpha value is -3.20. The number of ketones is 1. The van der Waals surface area contributed by atoms with Crippen molar-refractivity contribution in [3.63, 3.8) is 0 Å². The van der Waals surface area contributed by atoms with Crippen LogP contribution in [0.15, 0.2) is 84.9 Å². The molecule has 0 amide bonds. The van der Waals surface area contributed by atoms with Crippen molar-refractivity contribution < 1.29 is 14.3 Å². The average molecular weight is 330 g/mol. The third-order valence-electron chi connectivity index (χ3n) is 3.94. The highest BCUT2D eigenvalue weighted by atomic mass is 16.5. The van der Waals surface area contributed by atoms with E-state index in [1.807, 2.05) is 48.5 Å². The number of esters is 1. The molecule has 0 spiro atoms. The van der Waals surface area contributed by atoms with Crippen LogP contribution >= 0.6 is 0 Å². The maximum Gasteiger partial charge on any atom is 0.338 e. The number of benzene rings is 3. The van der Waals surface area contributed by atoms with E-state index in [-0.39, 0.29) is 5.78 Å². The summed E-state index contributed by atoms with van der Waals surface area (Å²) < 4.78 is 5.31. The lowest BCUT2D eigenvalue weighted by atomic mass is 10.0. The summed E-state index contributed by atoms with van der Waals surface area (Å²) in [6.45, 7) is 1.59. The summed E-state index contributed by atoms with van der Waals surface area (Å²) in [5.41, 5.74) is 3.05. The number of Topliss-reactive ketones (excluding diaryl/α,β-unsaturated/α-hetero) is 1. The van der Waals surface area contributed by atoms with Crippen LogP contribution in [0, 0.1) is 0 Å². The van der Waals surface area contributed by atoms with Gasteiger partial charge >= 0.3 is 5.97 Å². The van der Waals surface area contributed by atoms with Crippen molar-refractivity contribution >= 4 is 11.8 Å². The second-order valence-electron chi connectivity index (χ2n) is 5.72. The number of hydrogen-bond donors (Lipinski definition) is 0. The molecule has 1 atom stereocenters. The Labute approximate surface area is 146 Å². The van der Waals surface area contributed by atoms with Gasteiger partial charge in [0.25, 0.3) is 0 Å². The Morgan fingerprint density at radius 3 is 1.80 bits per heavy atom. The minimum absolute atomic E-state index is 0.213. The van der Waals surface area contributed by atoms with Crippen LogP contribution in [-0.2, 0) is 4.74 Å². The molecular formula is C22H18O3. The Balaban J connectivity index is 1.68. The SMILES string of the molecule is C[C@H](OC(=O)c1ccc(-c2ccccc2)cc1)C(=O)c1ccccc1. The topological polar surface area (TPSA) is 43.4 Å². The monoisotopic (exact) mass is 330 g/mol. The summed E-state index contributed by atoms with van der Waals surface area (Å²) in [6, 6.07) is 25.9. The van der Waals surface area contributed by atoms with Crippen molar-refractivity contribution in [2.45, 2.75) is 13.0 Å². The van der Waals surface area contributed by atoms with E-state index in [1.54, 1.807) is 43.3 Å². The molecule has 124 valence electrons. The van der Waals surface area contributed by atoms with Gasteiger partial charge in [-0.05, 0) is 30.2 Å². The molecule has 0 N–H and O–H groups in total. The molecule has 0 saturated carbocycles. The number of carbonyl (C=O) groups excluding carboxylic acids is 2. The average Bonchev–Trinajstić information content (AvgIpc) is 2.68. The van der Waals surface area contributed by atoms with Gasteiger partial charge in [-0.25, -0.2) is 4.79 Å². The first-order valence-corrected chi connectivity index (χ1v) is 8.11. The van der Waals surface area contributed by atoms with E-state index in [4.69, 9.17) is 4.74 Å². The maximum atomic E-state index is 12.3. The summed E-state index contributed by atoms with van der Waals surface area (Å²) >= 11 is 0. The molecule has 3 rings (SSSR count). The molecule has 0 aliphatic heterocycles. The highest BCUT2D eigenvalue weighted by molar-refractivity contribution is 6.01. The molecule has 0 bridgehead atoms. The van der Waals surface area contributed by atoms with Crippen LogP contribution in [0.3, 0.4) is 0 Å². The van der Waals surface area contributed by atoms with Crippen molar-refractivity contribution in [2.24, 2.45) is 0 Å². The van der Waals surface area contributed by atoms with Gasteiger partial charge in [-0.15, -0.1) is 0 Å². The molecule has 25 heavy (non-hydrogen) atoms. The van der Waals surface area contributed by atoms with Gasteiger partial charge in [0.2, 0.25) is 5.78 Å². The summed E-state index contributed by atoms with van der Waals surface area (Å²) in [4.78, 5) is 24.5. The molecule has 3 aromatic carbocycles. The van der Waals surface area contributed by atoms with Gasteiger partial charge in [0.15, 0.2) is 6.10 Å². The van der Waals surface area contributed by atoms with Gasteiger partial charge < -0.3 is 4.74 Å². The van der Waals surface area contributed by atoms with E-state index < -0.39 is 12.1 Å². The zero-order valence-electron chi connectivity index (χ0n) is 13.9. The van der Waals surface area contributed by atoms with Gasteiger partial charge in [0, 0.05) is 5.56 Å². The molecule has 0 radical (unpaired) electrons. The van der Waals surface area contributed by atoms with Crippen molar-refractivity contribution in [3.05, 3.63) is 96.1 Å². The van der Waals surface area contributed by atoms with Gasteiger partial charge in [-0.2, -0.15) is 0 Å². The lowest BCUT2D eigenvalue weighted by molar-refractivity contribution is 0.0319. The molecule has 0 fully saturated rings. The standard InChI is InChI=1S/C22H18O3/c1-16(21(23)19-10-6-3-7-11-19)25-22(24)20-14-12-18(13-15-20)17-8-4-2-5-9-17/h2-16H,1H3/t16-/m0/s1. The van der Waals surface area contributed by atoms with Crippen molar-refractivity contribution in [1.82, 2.24) is 0 Å². The number of rotatable bonds is 5. The molecule has 3 nitrogen and oxygen atoms in total. The molecular weight excluding hydrogens is 312 g/mol. The highest BCUT2D eigenvalue weighted by Gasteiger charge is 2.20. The normalized spacial score (nSPS) is 11.6. The second kappa shape index (κ2) is 7.58. The fourth-order valence-electron chi connectivity index (χ4n) is 2.55. The van der Waals surface area contributed by atoms with Crippen LogP contribution < -0.4 is 0 Å². The summed E-state index contributed by atoms with van der Waals surface area (Å²) in [6.07, 6.45) is -0.830. The van der Waals surface area contributed by atoms with Crippen molar-refractivity contribution in [1.29, 1.82) is 0 Å². The van der Waals surface area contributed by atoms with E-state index in [2.05, 4.69) is 0 Å². The lowest BCUT2D eigenvalue weighted by Crippen LogP contribution is -2.24. The van der Waals surface area contributed by atoms with E-state index in [0.29, 0.717) is 11.1 Å². The minimum Gasteiger partial charge on any atom is -0.451 e. The Kier molecular flexibility index (Phi) is 5.05. The smallest absolute Gasteiger partial charge is 0.338 e. The first kappa shape index (κ1) is 16.7. The minimum atomic E-state index is -0.830. The summed E-state index contributed by atoms with van der Waals surface area (Å²) in [7, 11) is 0. The summed E-state index contributed by atoms with van der Waals surface area (Å²) in [5.74, 6) is -0.716. The van der Waals surface area contributed by atoms with Crippen LogP contribution in [0.5, 0.6) is 0 Å². The van der Waals surface area contributed by atoms with Crippen molar-refractivity contribution in [2.75, 3.05) is 0 Å². The van der Waals surface area contributed by atoms with Crippen LogP contribution in [0.4, 0.5) is 0 Å². The predicted molar refractivity (Wildman–Crippen MR) is 97.5 cm³/mol. The zero-order valence-corrected chi connectivity index (χ0v) is 13.9. The molecule has 0 saturated heterocycles. The molecule has 3 aromatic rings. The number of hydrogen-bond acceptors (Lipinski definition) is 3. The quantitative estimate of drug-likeness (QED) is 0.499. The fraction of sp³-hybridized carbons (Fsp3) is 0.0909. The van der Waals surface area contributed by atoms with E-state index in [0.717, 1.165) is 11.1 Å². The van der Waals surface area contributed by atoms with Gasteiger partial charge in [-0.3, -0.25) is 4.79 Å². The Morgan fingerprint density at radius 2 is 1.20 bits per heavy atom. The van der Waals surface area contributed by atoms with Crippen LogP contribution in [0.1, 0.15) is 27.6 Å². The first-order valence-electron chi connectivity index (χ1n) is 8.11.